The Hall–Kier alpha value is -0.940. The van der Waals surface area contributed by atoms with E-state index >= 15 is 0 Å². The van der Waals surface area contributed by atoms with Crippen LogP contribution in [0.5, 0.6) is 5.75 Å². The summed E-state index contributed by atoms with van der Waals surface area (Å²) in [5, 5.41) is 9.15. The van der Waals surface area contributed by atoms with Crippen molar-refractivity contribution in [3.8, 4) is 5.75 Å². The maximum Gasteiger partial charge on any atom is 0.257 e. The summed E-state index contributed by atoms with van der Waals surface area (Å²) in [6.07, 6.45) is -2.83. The maximum atomic E-state index is 12.9. The summed E-state index contributed by atoms with van der Waals surface area (Å²) in [6.45, 7) is 1.53. The van der Waals surface area contributed by atoms with Crippen LogP contribution in [-0.4, -0.2) is 11.5 Å². The molecule has 0 fully saturated rings. The van der Waals surface area contributed by atoms with Crippen LogP contribution >= 0.6 is 12.4 Å². The van der Waals surface area contributed by atoms with Crippen LogP contribution in [0.3, 0.4) is 0 Å². The molecule has 0 aromatic heterocycles. The van der Waals surface area contributed by atoms with Crippen LogP contribution in [0.1, 0.15) is 17.2 Å². The van der Waals surface area contributed by atoms with Gasteiger partial charge >= 0.3 is 0 Å². The molecule has 1 atom stereocenters. The molecule has 1 aromatic carbocycles. The van der Waals surface area contributed by atoms with Gasteiger partial charge in [-0.15, -0.1) is 12.4 Å². The van der Waals surface area contributed by atoms with Crippen molar-refractivity contribution in [2.24, 2.45) is 5.73 Å². The summed E-state index contributed by atoms with van der Waals surface area (Å²) in [6, 6.07) is 0.635. The third-order valence-corrected chi connectivity index (χ3v) is 1.87. The van der Waals surface area contributed by atoms with Gasteiger partial charge < -0.3 is 10.8 Å². The molecular weight excluding hydrogens is 231 g/mol. The lowest BCUT2D eigenvalue weighted by molar-refractivity contribution is 0.115. The van der Waals surface area contributed by atoms with Crippen molar-refractivity contribution in [1.29, 1.82) is 0 Å². The molecule has 3 N–H and O–H groups in total. The van der Waals surface area contributed by atoms with Gasteiger partial charge in [0.15, 0.2) is 11.6 Å². The molecule has 0 heterocycles. The second-order valence-electron chi connectivity index (χ2n) is 3.04. The molecule has 15 heavy (non-hydrogen) atoms. The largest absolute Gasteiger partial charge is 0.505 e. The summed E-state index contributed by atoms with van der Waals surface area (Å²) in [5.41, 5.74) is 5.27. The summed E-state index contributed by atoms with van der Waals surface area (Å²) in [7, 11) is 0. The topological polar surface area (TPSA) is 46.2 Å². The van der Waals surface area contributed by atoms with Crippen LogP contribution in [0.4, 0.5) is 13.2 Å². The monoisotopic (exact) mass is 241 g/mol. The number of hydrogen-bond donors (Lipinski definition) is 2. The zero-order valence-electron chi connectivity index (χ0n) is 7.88. The molecule has 0 bridgehead atoms. The quantitative estimate of drug-likeness (QED) is 0.836. The number of hydrogen-bond acceptors (Lipinski definition) is 2. The fourth-order valence-corrected chi connectivity index (χ4v) is 1.15. The highest BCUT2D eigenvalue weighted by atomic mass is 35.5. The van der Waals surface area contributed by atoms with E-state index in [0.717, 1.165) is 6.07 Å². The molecule has 6 heteroatoms. The van der Waals surface area contributed by atoms with E-state index in [1.54, 1.807) is 0 Å². The standard InChI is InChI=1S/C9H10F3NO.ClH/c1-4-2-5(7(13)9(11)12)8(14)6(10)3-4;/h2-3,7,9,14H,13H2,1H3;1H/t7-;/m0./s1. The van der Waals surface area contributed by atoms with Gasteiger partial charge in [0.05, 0.1) is 6.04 Å². The Labute approximate surface area is 91.3 Å². The molecule has 1 aromatic rings. The predicted octanol–water partition coefficient (Wildman–Crippen LogP) is 2.53. The normalized spacial score (nSPS) is 12.4. The molecule has 0 amide bonds. The van der Waals surface area contributed by atoms with Gasteiger partial charge in [-0.1, -0.05) is 6.07 Å². The van der Waals surface area contributed by atoms with Gasteiger partial charge in [0.2, 0.25) is 0 Å². The Morgan fingerprint density at radius 1 is 1.33 bits per heavy atom. The van der Waals surface area contributed by atoms with E-state index < -0.39 is 24.0 Å². The lowest BCUT2D eigenvalue weighted by Gasteiger charge is -2.13. The van der Waals surface area contributed by atoms with Crippen molar-refractivity contribution in [2.45, 2.75) is 19.4 Å². The molecule has 2 nitrogen and oxygen atoms in total. The molecule has 0 aliphatic carbocycles. The first-order valence-electron chi connectivity index (χ1n) is 3.96. The van der Waals surface area contributed by atoms with Crippen molar-refractivity contribution in [1.82, 2.24) is 0 Å². The molecule has 1 rings (SSSR count). The fraction of sp³-hybridized carbons (Fsp3) is 0.333. The van der Waals surface area contributed by atoms with Crippen LogP contribution in [-0.2, 0) is 0 Å². The lowest BCUT2D eigenvalue weighted by Crippen LogP contribution is -2.19. The Bertz CT molecular complexity index is 346. The number of aryl methyl sites for hydroxylation is 1. The van der Waals surface area contributed by atoms with Crippen molar-refractivity contribution < 1.29 is 18.3 Å². The molecule has 0 unspecified atom stereocenters. The minimum absolute atomic E-state index is 0. The van der Waals surface area contributed by atoms with E-state index in [1.807, 2.05) is 0 Å². The third kappa shape index (κ3) is 3.00. The van der Waals surface area contributed by atoms with Gasteiger partial charge in [-0.3, -0.25) is 0 Å². The van der Waals surface area contributed by atoms with E-state index in [4.69, 9.17) is 10.8 Å². The molecule has 0 spiro atoms. The van der Waals surface area contributed by atoms with Crippen LogP contribution in [0.15, 0.2) is 12.1 Å². The molecule has 0 aliphatic heterocycles. The number of phenols is 1. The highest BCUT2D eigenvalue weighted by Gasteiger charge is 2.22. The zero-order valence-corrected chi connectivity index (χ0v) is 8.69. The SMILES string of the molecule is Cc1cc(F)c(O)c([C@H](N)C(F)F)c1.Cl. The minimum Gasteiger partial charge on any atom is -0.505 e. The summed E-state index contributed by atoms with van der Waals surface area (Å²) in [4.78, 5) is 0. The number of nitrogens with two attached hydrogens (primary N) is 1. The second kappa shape index (κ2) is 5.23. The van der Waals surface area contributed by atoms with Crippen molar-refractivity contribution in [2.75, 3.05) is 0 Å². The zero-order chi connectivity index (χ0) is 10.9. The van der Waals surface area contributed by atoms with E-state index in [0.29, 0.717) is 5.56 Å². The van der Waals surface area contributed by atoms with Gasteiger partial charge in [0.1, 0.15) is 0 Å². The molecule has 0 saturated carbocycles. The average Bonchev–Trinajstić information content (AvgIpc) is 2.09. The maximum absolute atomic E-state index is 12.9. The lowest BCUT2D eigenvalue weighted by atomic mass is 10.0. The predicted molar refractivity (Wildman–Crippen MR) is 53.0 cm³/mol. The molecular formula is C9H11ClF3NO. The molecule has 86 valence electrons. The van der Waals surface area contributed by atoms with E-state index in [2.05, 4.69) is 0 Å². The van der Waals surface area contributed by atoms with Crippen LogP contribution in [0.25, 0.3) is 0 Å². The van der Waals surface area contributed by atoms with Gasteiger partial charge in [-0.05, 0) is 18.6 Å². The number of halogens is 4. The van der Waals surface area contributed by atoms with E-state index in [-0.39, 0.29) is 18.0 Å². The minimum atomic E-state index is -2.83. The van der Waals surface area contributed by atoms with Gasteiger partial charge in [0, 0.05) is 5.56 Å². The molecule has 0 saturated heterocycles. The third-order valence-electron chi connectivity index (χ3n) is 1.87. The van der Waals surface area contributed by atoms with Gasteiger partial charge in [0.25, 0.3) is 6.43 Å². The average molecular weight is 242 g/mol. The number of benzene rings is 1. The Morgan fingerprint density at radius 3 is 2.33 bits per heavy atom. The van der Waals surface area contributed by atoms with Gasteiger partial charge in [-0.2, -0.15) is 0 Å². The van der Waals surface area contributed by atoms with Crippen LogP contribution in [0.2, 0.25) is 0 Å². The van der Waals surface area contributed by atoms with Crippen molar-refractivity contribution in [3.05, 3.63) is 29.1 Å². The van der Waals surface area contributed by atoms with Crippen molar-refractivity contribution in [3.63, 3.8) is 0 Å². The first kappa shape index (κ1) is 14.1. The Kier molecular flexibility index (Phi) is 4.90. The second-order valence-corrected chi connectivity index (χ2v) is 3.04. The number of alkyl halides is 2. The fourth-order valence-electron chi connectivity index (χ4n) is 1.15. The first-order chi connectivity index (χ1) is 6.43. The summed E-state index contributed by atoms with van der Waals surface area (Å²) >= 11 is 0. The Morgan fingerprint density at radius 2 is 1.87 bits per heavy atom. The number of aromatic hydroxyl groups is 1. The van der Waals surface area contributed by atoms with E-state index in [9.17, 15) is 13.2 Å². The highest BCUT2D eigenvalue weighted by molar-refractivity contribution is 5.85. The summed E-state index contributed by atoms with van der Waals surface area (Å²) < 4.78 is 37.3. The smallest absolute Gasteiger partial charge is 0.257 e. The molecule has 0 radical (unpaired) electrons. The summed E-state index contributed by atoms with van der Waals surface area (Å²) in [5.74, 6) is -1.74. The van der Waals surface area contributed by atoms with Crippen molar-refractivity contribution >= 4 is 12.4 Å². The molecule has 0 aliphatic rings. The van der Waals surface area contributed by atoms with E-state index in [1.165, 1.54) is 13.0 Å². The first-order valence-corrected chi connectivity index (χ1v) is 3.96. The highest BCUT2D eigenvalue weighted by Crippen LogP contribution is 2.30. The number of rotatable bonds is 2. The van der Waals surface area contributed by atoms with Crippen LogP contribution < -0.4 is 5.73 Å². The van der Waals surface area contributed by atoms with Gasteiger partial charge in [-0.25, -0.2) is 13.2 Å². The number of phenolic OH excluding ortho intramolecular Hbond substituents is 1. The van der Waals surface area contributed by atoms with Crippen LogP contribution in [0, 0.1) is 12.7 Å². The Balaban J connectivity index is 0.00000196.